The highest BCUT2D eigenvalue weighted by Gasteiger charge is 2.29. The number of aliphatic hydroxyl groups is 1. The van der Waals surface area contributed by atoms with Gasteiger partial charge in [-0.05, 0) is 44.5 Å². The summed E-state index contributed by atoms with van der Waals surface area (Å²) in [5.74, 6) is 5.34. The van der Waals surface area contributed by atoms with E-state index in [0.29, 0.717) is 73.0 Å². The minimum Gasteiger partial charge on any atom is -0.389 e. The molecule has 0 saturated carbocycles. The van der Waals surface area contributed by atoms with E-state index >= 15 is 4.39 Å². The Morgan fingerprint density at radius 3 is 2.50 bits per heavy atom. The van der Waals surface area contributed by atoms with Crippen LogP contribution >= 0.6 is 11.6 Å². The molecule has 2 aromatic heterocycles. The second-order valence-corrected chi connectivity index (χ2v) is 10.2. The third kappa shape index (κ3) is 6.45. The number of nitrogens with two attached hydrogens (primary N) is 1. The van der Waals surface area contributed by atoms with Crippen LogP contribution in [0.2, 0.25) is 5.02 Å². The molecule has 1 aliphatic rings. The van der Waals surface area contributed by atoms with E-state index in [1.54, 1.807) is 43.1 Å². The van der Waals surface area contributed by atoms with E-state index in [1.807, 2.05) is 6.92 Å². The van der Waals surface area contributed by atoms with Gasteiger partial charge in [0, 0.05) is 50.0 Å². The molecule has 10 heteroatoms. The number of halogens is 2. The number of β-amino-alcohol motifs (C(OH)–C–C–N with tert-alkyl or cyclic N) is 1. The molecule has 3 heterocycles. The predicted octanol–water partition coefficient (Wildman–Crippen LogP) is 3.40. The summed E-state index contributed by atoms with van der Waals surface area (Å²) in [4.78, 5) is 29.6. The first kappa shape index (κ1) is 27.5. The van der Waals surface area contributed by atoms with Gasteiger partial charge in [-0.25, -0.2) is 19.3 Å². The highest BCUT2D eigenvalue weighted by molar-refractivity contribution is 6.34. The van der Waals surface area contributed by atoms with Crippen molar-refractivity contribution in [3.8, 4) is 23.1 Å². The van der Waals surface area contributed by atoms with Crippen LogP contribution in [0, 0.1) is 17.7 Å². The SMILES string of the molecule is CCc1ncnc(-c2cc(F)c(C(=O)N3CCN(CC(C)(C)O)CC3)c(Cl)c2)c1C#Cc1ccc(N)nc1. The van der Waals surface area contributed by atoms with Crippen LogP contribution < -0.4 is 5.73 Å². The summed E-state index contributed by atoms with van der Waals surface area (Å²) in [6, 6.07) is 6.22. The Morgan fingerprint density at radius 1 is 1.16 bits per heavy atom. The first-order valence-corrected chi connectivity index (χ1v) is 12.7. The number of anilines is 1. The zero-order valence-corrected chi connectivity index (χ0v) is 22.4. The molecule has 1 aromatic carbocycles. The van der Waals surface area contributed by atoms with Crippen molar-refractivity contribution in [2.24, 2.45) is 0 Å². The minimum absolute atomic E-state index is 0.00206. The van der Waals surface area contributed by atoms with Gasteiger partial charge in [-0.1, -0.05) is 30.4 Å². The van der Waals surface area contributed by atoms with E-state index in [1.165, 1.54) is 12.4 Å². The van der Waals surface area contributed by atoms with Crippen molar-refractivity contribution in [1.82, 2.24) is 24.8 Å². The minimum atomic E-state index is -0.828. The molecule has 3 N–H and O–H groups in total. The number of hydrogen-bond donors (Lipinski definition) is 2. The van der Waals surface area contributed by atoms with E-state index in [0.717, 1.165) is 0 Å². The van der Waals surface area contributed by atoms with Crippen molar-refractivity contribution in [2.45, 2.75) is 32.8 Å². The van der Waals surface area contributed by atoms with Gasteiger partial charge in [0.15, 0.2) is 0 Å². The summed E-state index contributed by atoms with van der Waals surface area (Å²) in [6.45, 7) is 7.92. The monoisotopic (exact) mass is 536 g/mol. The number of aromatic nitrogens is 3. The summed E-state index contributed by atoms with van der Waals surface area (Å²) in [7, 11) is 0. The zero-order chi connectivity index (χ0) is 27.4. The lowest BCUT2D eigenvalue weighted by Crippen LogP contribution is -2.52. The van der Waals surface area contributed by atoms with E-state index < -0.39 is 17.3 Å². The summed E-state index contributed by atoms with van der Waals surface area (Å²) >= 11 is 6.50. The standard InChI is InChI=1S/C28H30ClFN6O2/c1-4-23-20(7-5-18-6-8-24(31)32-15-18)26(34-17-33-23)19-13-21(29)25(22(30)14-19)27(37)36-11-9-35(10-12-36)16-28(2,3)38/h6,8,13-15,17,38H,4,9-12,16H2,1-3H3,(H2,31,32). The first-order chi connectivity index (χ1) is 18.1. The summed E-state index contributed by atoms with van der Waals surface area (Å²) in [5, 5.41) is 10.1. The van der Waals surface area contributed by atoms with Gasteiger partial charge in [0.25, 0.3) is 5.91 Å². The molecule has 0 atom stereocenters. The van der Waals surface area contributed by atoms with E-state index in [2.05, 4.69) is 31.7 Å². The average molecular weight is 537 g/mol. The van der Waals surface area contributed by atoms with Crippen LogP contribution in [0.4, 0.5) is 10.2 Å². The number of piperazine rings is 1. The molecule has 1 amide bonds. The Kier molecular flexibility index (Phi) is 8.26. The molecule has 3 aromatic rings. The van der Waals surface area contributed by atoms with E-state index in [9.17, 15) is 9.90 Å². The van der Waals surface area contributed by atoms with E-state index in [4.69, 9.17) is 17.3 Å². The smallest absolute Gasteiger partial charge is 0.258 e. The lowest BCUT2D eigenvalue weighted by Gasteiger charge is -2.37. The van der Waals surface area contributed by atoms with Crippen molar-refractivity contribution in [3.05, 3.63) is 70.0 Å². The Bertz CT molecular complexity index is 1360. The lowest BCUT2D eigenvalue weighted by molar-refractivity contribution is 0.0178. The molecule has 1 aliphatic heterocycles. The van der Waals surface area contributed by atoms with Crippen molar-refractivity contribution in [1.29, 1.82) is 0 Å². The van der Waals surface area contributed by atoms with Crippen LogP contribution in [0.15, 0.2) is 36.8 Å². The molecule has 0 bridgehead atoms. The van der Waals surface area contributed by atoms with Gasteiger partial charge in [-0.2, -0.15) is 0 Å². The molecule has 1 saturated heterocycles. The number of pyridine rings is 1. The van der Waals surface area contributed by atoms with Crippen LogP contribution in [-0.4, -0.2) is 74.1 Å². The summed E-state index contributed by atoms with van der Waals surface area (Å²) in [5.41, 5.74) is 7.38. The van der Waals surface area contributed by atoms with Crippen LogP contribution in [0.3, 0.4) is 0 Å². The maximum absolute atomic E-state index is 15.4. The van der Waals surface area contributed by atoms with Gasteiger partial charge in [-0.3, -0.25) is 9.69 Å². The van der Waals surface area contributed by atoms with Crippen LogP contribution in [-0.2, 0) is 6.42 Å². The number of aryl methyl sites for hydroxylation is 1. The number of nitrogen functional groups attached to an aromatic ring is 1. The quantitative estimate of drug-likeness (QED) is 0.481. The second kappa shape index (κ2) is 11.4. The van der Waals surface area contributed by atoms with Crippen molar-refractivity contribution in [3.63, 3.8) is 0 Å². The summed E-state index contributed by atoms with van der Waals surface area (Å²) in [6.07, 6.45) is 3.56. The molecule has 8 nitrogen and oxygen atoms in total. The van der Waals surface area contributed by atoms with Crippen molar-refractivity contribution >= 4 is 23.3 Å². The predicted molar refractivity (Wildman–Crippen MR) is 145 cm³/mol. The molecule has 0 unspecified atom stereocenters. The second-order valence-electron chi connectivity index (χ2n) is 9.81. The highest BCUT2D eigenvalue weighted by atomic mass is 35.5. The molecular weight excluding hydrogens is 507 g/mol. The van der Waals surface area contributed by atoms with E-state index in [-0.39, 0.29) is 10.6 Å². The third-order valence-corrected chi connectivity index (χ3v) is 6.48. The Labute approximate surface area is 226 Å². The molecule has 0 spiro atoms. The number of rotatable bonds is 5. The van der Waals surface area contributed by atoms with Gasteiger partial charge in [-0.15, -0.1) is 0 Å². The van der Waals surface area contributed by atoms with Crippen LogP contribution in [0.25, 0.3) is 11.3 Å². The van der Waals surface area contributed by atoms with Gasteiger partial charge in [0.1, 0.15) is 18.0 Å². The van der Waals surface area contributed by atoms with Gasteiger partial charge in [0.2, 0.25) is 0 Å². The average Bonchev–Trinajstić information content (AvgIpc) is 2.87. The highest BCUT2D eigenvalue weighted by Crippen LogP contribution is 2.31. The summed E-state index contributed by atoms with van der Waals surface area (Å²) < 4.78 is 15.4. The molecule has 198 valence electrons. The normalized spacial score (nSPS) is 14.2. The number of amides is 1. The Hall–Kier alpha value is -3.58. The molecule has 38 heavy (non-hydrogen) atoms. The first-order valence-electron chi connectivity index (χ1n) is 12.4. The number of benzene rings is 1. The lowest BCUT2D eigenvalue weighted by atomic mass is 10.0. The van der Waals surface area contributed by atoms with Crippen molar-refractivity contribution < 1.29 is 14.3 Å². The fourth-order valence-electron chi connectivity index (χ4n) is 4.38. The maximum Gasteiger partial charge on any atom is 0.258 e. The van der Waals surface area contributed by atoms with Gasteiger partial charge < -0.3 is 15.7 Å². The van der Waals surface area contributed by atoms with Gasteiger partial charge >= 0.3 is 0 Å². The van der Waals surface area contributed by atoms with Crippen LogP contribution in [0.5, 0.6) is 0 Å². The number of carbonyl (C=O) groups excluding carboxylic acids is 1. The Morgan fingerprint density at radius 2 is 1.89 bits per heavy atom. The maximum atomic E-state index is 15.4. The van der Waals surface area contributed by atoms with Crippen molar-refractivity contribution in [2.75, 3.05) is 38.5 Å². The fraction of sp³-hybridized carbons (Fsp3) is 0.357. The molecule has 0 aliphatic carbocycles. The third-order valence-electron chi connectivity index (χ3n) is 6.18. The molecular formula is C28H30ClFN6O2. The zero-order valence-electron chi connectivity index (χ0n) is 21.6. The van der Waals surface area contributed by atoms with Crippen LogP contribution in [0.1, 0.15) is 48.0 Å². The topological polar surface area (TPSA) is 108 Å². The number of hydrogen-bond acceptors (Lipinski definition) is 7. The Balaban J connectivity index is 1.62. The largest absolute Gasteiger partial charge is 0.389 e. The fourth-order valence-corrected chi connectivity index (χ4v) is 4.67. The molecule has 4 rings (SSSR count). The molecule has 1 fully saturated rings. The van der Waals surface area contributed by atoms with Gasteiger partial charge in [0.05, 0.1) is 33.1 Å². The number of carbonyl (C=O) groups is 1. The molecule has 0 radical (unpaired) electrons. The number of nitrogens with zero attached hydrogens (tertiary/aromatic N) is 5.